The van der Waals surface area contributed by atoms with Crippen molar-refractivity contribution < 1.29 is 14.3 Å². The second kappa shape index (κ2) is 5.74. The van der Waals surface area contributed by atoms with E-state index in [1.54, 1.807) is 0 Å². The summed E-state index contributed by atoms with van der Waals surface area (Å²) in [6, 6.07) is 7.57. The number of ether oxygens (including phenoxy) is 1. The zero-order chi connectivity index (χ0) is 14.7. The largest absolute Gasteiger partial charge is 0.494 e. The molecule has 0 bridgehead atoms. The summed E-state index contributed by atoms with van der Waals surface area (Å²) in [5.41, 5.74) is 3.34. The van der Waals surface area contributed by atoms with E-state index in [4.69, 9.17) is 4.74 Å². The number of aldehydes is 2. The molecule has 0 saturated heterocycles. The maximum atomic E-state index is 11.2. The van der Waals surface area contributed by atoms with Crippen LogP contribution in [0.5, 0.6) is 5.75 Å². The fraction of sp³-hybridized carbons (Fsp3) is 0.250. The van der Waals surface area contributed by atoms with Gasteiger partial charge in [-0.3, -0.25) is 9.59 Å². The highest BCUT2D eigenvalue weighted by atomic mass is 16.5. The predicted molar refractivity (Wildman–Crippen MR) is 77.2 cm³/mol. The lowest BCUT2D eigenvalue weighted by molar-refractivity contribution is 0.109. The maximum Gasteiger partial charge on any atom is 0.152 e. The van der Waals surface area contributed by atoms with Gasteiger partial charge >= 0.3 is 0 Å². The minimum Gasteiger partial charge on any atom is -0.494 e. The van der Waals surface area contributed by atoms with Crippen molar-refractivity contribution in [1.82, 2.24) is 4.57 Å². The molecule has 0 unspecified atom stereocenters. The molecule has 0 atom stereocenters. The Balaban J connectivity index is 2.55. The molecule has 2 aromatic rings. The molecule has 1 aromatic heterocycles. The molecule has 2 rings (SSSR count). The number of carbonyl (C=O) groups is 2. The van der Waals surface area contributed by atoms with Crippen LogP contribution in [0.4, 0.5) is 0 Å². The molecular weight excluding hydrogens is 254 g/mol. The van der Waals surface area contributed by atoms with Crippen molar-refractivity contribution in [2.24, 2.45) is 0 Å². The van der Waals surface area contributed by atoms with Gasteiger partial charge in [0.25, 0.3) is 0 Å². The standard InChI is InChI=1S/C16H17NO3/c1-4-20-14-7-5-13(6-8-14)17-11(2)15(9-18)16(10-19)12(17)3/h5-10H,4H2,1-3H3. The van der Waals surface area contributed by atoms with Crippen LogP contribution in [-0.2, 0) is 0 Å². The zero-order valence-corrected chi connectivity index (χ0v) is 11.8. The van der Waals surface area contributed by atoms with E-state index in [1.165, 1.54) is 0 Å². The zero-order valence-electron chi connectivity index (χ0n) is 11.8. The average Bonchev–Trinajstić information content (AvgIpc) is 2.70. The predicted octanol–water partition coefficient (Wildman–Crippen LogP) is 3.12. The van der Waals surface area contributed by atoms with E-state index < -0.39 is 0 Å². The fourth-order valence-electron chi connectivity index (χ4n) is 2.43. The molecule has 4 heteroatoms. The fourth-order valence-corrected chi connectivity index (χ4v) is 2.43. The molecule has 0 amide bonds. The first-order valence-corrected chi connectivity index (χ1v) is 6.49. The highest BCUT2D eigenvalue weighted by molar-refractivity contribution is 5.93. The SMILES string of the molecule is CCOc1ccc(-n2c(C)c(C=O)c(C=O)c2C)cc1. The molecule has 0 spiro atoms. The second-order valence-corrected chi connectivity index (χ2v) is 4.50. The Bertz CT molecular complexity index is 607. The van der Waals surface area contributed by atoms with Crippen molar-refractivity contribution in [2.45, 2.75) is 20.8 Å². The van der Waals surface area contributed by atoms with Gasteiger partial charge in [0, 0.05) is 28.2 Å². The summed E-state index contributed by atoms with van der Waals surface area (Å²) in [5, 5.41) is 0. The lowest BCUT2D eigenvalue weighted by Gasteiger charge is -2.10. The molecule has 0 N–H and O–H groups in total. The summed E-state index contributed by atoms with van der Waals surface area (Å²) in [6.45, 7) is 6.22. The lowest BCUT2D eigenvalue weighted by atomic mass is 10.1. The minimum atomic E-state index is 0.450. The third kappa shape index (κ3) is 2.25. The monoisotopic (exact) mass is 271 g/mol. The maximum absolute atomic E-state index is 11.2. The smallest absolute Gasteiger partial charge is 0.152 e. The Morgan fingerprint density at radius 3 is 1.90 bits per heavy atom. The Labute approximate surface area is 118 Å². The van der Waals surface area contributed by atoms with Crippen LogP contribution in [0.1, 0.15) is 39.0 Å². The number of benzene rings is 1. The number of hydrogen-bond acceptors (Lipinski definition) is 3. The van der Waals surface area contributed by atoms with Crippen molar-refractivity contribution in [3.63, 3.8) is 0 Å². The first-order chi connectivity index (χ1) is 9.63. The number of carbonyl (C=O) groups excluding carboxylic acids is 2. The van der Waals surface area contributed by atoms with Crippen LogP contribution in [0, 0.1) is 13.8 Å². The van der Waals surface area contributed by atoms with Gasteiger partial charge < -0.3 is 9.30 Å². The molecule has 104 valence electrons. The van der Waals surface area contributed by atoms with Crippen LogP contribution in [-0.4, -0.2) is 23.7 Å². The summed E-state index contributed by atoms with van der Waals surface area (Å²) in [6.07, 6.45) is 1.47. The molecule has 0 aliphatic rings. The Kier molecular flexibility index (Phi) is 4.03. The average molecular weight is 271 g/mol. The lowest BCUT2D eigenvalue weighted by Crippen LogP contribution is -2.00. The first-order valence-electron chi connectivity index (χ1n) is 6.49. The minimum absolute atomic E-state index is 0.450. The van der Waals surface area contributed by atoms with Gasteiger partial charge in [-0.2, -0.15) is 0 Å². The molecule has 20 heavy (non-hydrogen) atoms. The second-order valence-electron chi connectivity index (χ2n) is 4.50. The molecule has 0 fully saturated rings. The first kappa shape index (κ1) is 14.1. The van der Waals surface area contributed by atoms with E-state index in [1.807, 2.05) is 49.6 Å². The normalized spacial score (nSPS) is 10.3. The van der Waals surface area contributed by atoms with Gasteiger partial charge in [-0.1, -0.05) is 0 Å². The Hall–Kier alpha value is -2.36. The van der Waals surface area contributed by atoms with E-state index in [2.05, 4.69) is 0 Å². The molecule has 4 nitrogen and oxygen atoms in total. The van der Waals surface area contributed by atoms with Gasteiger partial charge in [0.2, 0.25) is 0 Å². The van der Waals surface area contributed by atoms with Crippen molar-refractivity contribution in [3.05, 3.63) is 46.8 Å². The highest BCUT2D eigenvalue weighted by Crippen LogP contribution is 2.25. The number of rotatable bonds is 5. The summed E-state index contributed by atoms with van der Waals surface area (Å²) in [5.74, 6) is 0.796. The van der Waals surface area contributed by atoms with Crippen molar-refractivity contribution in [2.75, 3.05) is 6.61 Å². The van der Waals surface area contributed by atoms with Crippen molar-refractivity contribution in [1.29, 1.82) is 0 Å². The van der Waals surface area contributed by atoms with Gasteiger partial charge in [-0.15, -0.1) is 0 Å². The van der Waals surface area contributed by atoms with Crippen LogP contribution < -0.4 is 4.74 Å². The van der Waals surface area contributed by atoms with Crippen molar-refractivity contribution >= 4 is 12.6 Å². The Morgan fingerprint density at radius 2 is 1.50 bits per heavy atom. The van der Waals surface area contributed by atoms with Gasteiger partial charge in [0.1, 0.15) is 5.75 Å². The van der Waals surface area contributed by atoms with Gasteiger partial charge in [0.15, 0.2) is 12.6 Å². The summed E-state index contributed by atoms with van der Waals surface area (Å²) >= 11 is 0. The van der Waals surface area contributed by atoms with E-state index in [9.17, 15) is 9.59 Å². The quantitative estimate of drug-likeness (QED) is 0.785. The van der Waals surface area contributed by atoms with Gasteiger partial charge in [0.05, 0.1) is 6.61 Å². The van der Waals surface area contributed by atoms with Crippen molar-refractivity contribution in [3.8, 4) is 11.4 Å². The van der Waals surface area contributed by atoms with Gasteiger partial charge in [-0.05, 0) is 45.0 Å². The molecule has 0 aliphatic heterocycles. The van der Waals surface area contributed by atoms with E-state index in [0.29, 0.717) is 17.7 Å². The third-order valence-corrected chi connectivity index (χ3v) is 3.38. The molecule has 1 heterocycles. The van der Waals surface area contributed by atoms with Crippen LogP contribution in [0.15, 0.2) is 24.3 Å². The number of nitrogens with zero attached hydrogens (tertiary/aromatic N) is 1. The third-order valence-electron chi connectivity index (χ3n) is 3.38. The van der Waals surface area contributed by atoms with E-state index in [-0.39, 0.29) is 0 Å². The summed E-state index contributed by atoms with van der Waals surface area (Å²) < 4.78 is 7.31. The molecule has 0 radical (unpaired) electrons. The number of aromatic nitrogens is 1. The molecule has 1 aromatic carbocycles. The summed E-state index contributed by atoms with van der Waals surface area (Å²) in [4.78, 5) is 22.3. The summed E-state index contributed by atoms with van der Waals surface area (Å²) in [7, 11) is 0. The highest BCUT2D eigenvalue weighted by Gasteiger charge is 2.17. The van der Waals surface area contributed by atoms with Gasteiger partial charge in [-0.25, -0.2) is 0 Å². The Morgan fingerprint density at radius 1 is 1.00 bits per heavy atom. The van der Waals surface area contributed by atoms with Crippen LogP contribution >= 0.6 is 0 Å². The topological polar surface area (TPSA) is 48.3 Å². The van der Waals surface area contributed by atoms with E-state index in [0.717, 1.165) is 35.4 Å². The van der Waals surface area contributed by atoms with Crippen LogP contribution in [0.2, 0.25) is 0 Å². The van der Waals surface area contributed by atoms with Crippen LogP contribution in [0.25, 0.3) is 5.69 Å². The van der Waals surface area contributed by atoms with E-state index >= 15 is 0 Å². The molecule has 0 saturated carbocycles. The number of hydrogen-bond donors (Lipinski definition) is 0. The molecule has 0 aliphatic carbocycles. The molecular formula is C16H17NO3. The van der Waals surface area contributed by atoms with Crippen LogP contribution in [0.3, 0.4) is 0 Å².